The Morgan fingerprint density at radius 3 is 2.35 bits per heavy atom. The maximum atomic E-state index is 11.0. The Hall–Kier alpha value is -1.83. The fraction of sp³-hybridized carbons (Fsp3) is 0.333. The molecule has 0 radical (unpaired) electrons. The molecular formula is C9H12N2O5S. The molecule has 0 aliphatic rings. The Kier molecular flexibility index (Phi) is 3.28. The highest BCUT2D eigenvalue weighted by atomic mass is 32.2. The molecule has 0 spiro atoms. The summed E-state index contributed by atoms with van der Waals surface area (Å²) in [7, 11) is -3.74. The molecule has 0 aliphatic carbocycles. The second-order valence-electron chi connectivity index (χ2n) is 3.63. The van der Waals surface area contributed by atoms with Crippen molar-refractivity contribution < 1.29 is 17.5 Å². The average molecular weight is 260 g/mol. The van der Waals surface area contributed by atoms with Gasteiger partial charge in [0.05, 0.1) is 16.7 Å². The number of nitrogens with two attached hydrogens (primary N) is 1. The van der Waals surface area contributed by atoms with Crippen LogP contribution in [0.5, 0.6) is 5.75 Å². The molecule has 94 valence electrons. The van der Waals surface area contributed by atoms with Gasteiger partial charge in [-0.3, -0.25) is 10.1 Å². The first-order chi connectivity index (χ1) is 7.63. The number of anilines is 1. The molecule has 0 saturated heterocycles. The van der Waals surface area contributed by atoms with E-state index >= 15 is 0 Å². The van der Waals surface area contributed by atoms with Crippen molar-refractivity contribution in [2.75, 3.05) is 12.0 Å². The number of aryl methyl sites for hydroxylation is 1. The summed E-state index contributed by atoms with van der Waals surface area (Å²) >= 11 is 0. The highest BCUT2D eigenvalue weighted by Gasteiger charge is 2.23. The van der Waals surface area contributed by atoms with Crippen molar-refractivity contribution >= 4 is 21.5 Å². The smallest absolute Gasteiger partial charge is 0.306 e. The Morgan fingerprint density at radius 2 is 1.94 bits per heavy atom. The minimum absolute atomic E-state index is 0.0224. The second-order valence-corrected chi connectivity index (χ2v) is 5.20. The molecule has 0 unspecified atom stereocenters. The highest BCUT2D eigenvalue weighted by molar-refractivity contribution is 7.86. The fourth-order valence-corrected chi connectivity index (χ4v) is 2.07. The van der Waals surface area contributed by atoms with Gasteiger partial charge in [0, 0.05) is 0 Å². The molecule has 0 fully saturated rings. The van der Waals surface area contributed by atoms with Crippen LogP contribution in [0.2, 0.25) is 0 Å². The van der Waals surface area contributed by atoms with Crippen LogP contribution < -0.4 is 9.92 Å². The van der Waals surface area contributed by atoms with E-state index in [1.165, 1.54) is 13.0 Å². The predicted octanol–water partition coefficient (Wildman–Crippen LogP) is 1.13. The molecule has 2 N–H and O–H groups in total. The largest absolute Gasteiger partial charge is 0.393 e. The molecule has 7 nitrogen and oxygen atoms in total. The van der Waals surface area contributed by atoms with E-state index in [4.69, 9.17) is 9.92 Å². The third kappa shape index (κ3) is 2.84. The van der Waals surface area contributed by atoms with Gasteiger partial charge in [-0.05, 0) is 25.5 Å². The third-order valence-electron chi connectivity index (χ3n) is 2.12. The van der Waals surface area contributed by atoms with Crippen molar-refractivity contribution in [1.29, 1.82) is 0 Å². The van der Waals surface area contributed by atoms with Crippen LogP contribution in [0.1, 0.15) is 11.1 Å². The van der Waals surface area contributed by atoms with E-state index in [9.17, 15) is 18.5 Å². The molecule has 1 aromatic carbocycles. The van der Waals surface area contributed by atoms with Crippen LogP contribution in [0.15, 0.2) is 6.07 Å². The van der Waals surface area contributed by atoms with E-state index in [1.54, 1.807) is 6.92 Å². The van der Waals surface area contributed by atoms with Crippen LogP contribution in [-0.4, -0.2) is 19.6 Å². The van der Waals surface area contributed by atoms with Gasteiger partial charge in [-0.15, -0.1) is 0 Å². The van der Waals surface area contributed by atoms with Crippen molar-refractivity contribution in [2.45, 2.75) is 13.8 Å². The van der Waals surface area contributed by atoms with E-state index < -0.39 is 15.0 Å². The van der Waals surface area contributed by atoms with Gasteiger partial charge in [-0.1, -0.05) is 0 Å². The summed E-state index contributed by atoms with van der Waals surface area (Å²) in [6.45, 7) is 2.95. The molecule has 0 bridgehead atoms. The summed E-state index contributed by atoms with van der Waals surface area (Å²) < 4.78 is 26.8. The van der Waals surface area contributed by atoms with E-state index in [-0.39, 0.29) is 22.7 Å². The van der Waals surface area contributed by atoms with Crippen LogP contribution in [0, 0.1) is 24.0 Å². The maximum absolute atomic E-state index is 11.0. The zero-order chi connectivity index (χ0) is 13.4. The first kappa shape index (κ1) is 13.2. The topological polar surface area (TPSA) is 113 Å². The van der Waals surface area contributed by atoms with Gasteiger partial charge in [-0.25, -0.2) is 0 Å². The first-order valence-electron chi connectivity index (χ1n) is 4.57. The lowest BCUT2D eigenvalue weighted by atomic mass is 10.1. The van der Waals surface area contributed by atoms with Gasteiger partial charge in [0.1, 0.15) is 5.69 Å². The van der Waals surface area contributed by atoms with Crippen molar-refractivity contribution in [1.82, 2.24) is 0 Å². The van der Waals surface area contributed by atoms with Crippen LogP contribution >= 0.6 is 0 Å². The number of nitrogens with zero attached hydrogens (tertiary/aromatic N) is 1. The van der Waals surface area contributed by atoms with Gasteiger partial charge in [-0.2, -0.15) is 8.42 Å². The van der Waals surface area contributed by atoms with E-state index in [1.807, 2.05) is 0 Å². The summed E-state index contributed by atoms with van der Waals surface area (Å²) in [5.74, 6) is -0.0478. The lowest BCUT2D eigenvalue weighted by Gasteiger charge is -2.11. The van der Waals surface area contributed by atoms with Gasteiger partial charge >= 0.3 is 10.1 Å². The summed E-state index contributed by atoms with van der Waals surface area (Å²) in [5, 5.41) is 10.8. The van der Waals surface area contributed by atoms with Crippen LogP contribution in [-0.2, 0) is 10.1 Å². The quantitative estimate of drug-likeness (QED) is 0.377. The van der Waals surface area contributed by atoms with E-state index in [0.29, 0.717) is 5.56 Å². The molecule has 1 aromatic rings. The molecule has 17 heavy (non-hydrogen) atoms. The Labute approximate surface area is 98.5 Å². The number of rotatable bonds is 3. The van der Waals surface area contributed by atoms with E-state index in [2.05, 4.69) is 0 Å². The fourth-order valence-electron chi connectivity index (χ4n) is 1.51. The zero-order valence-electron chi connectivity index (χ0n) is 9.55. The Bertz CT molecular complexity index is 580. The molecule has 0 atom stereocenters. The molecule has 0 aliphatic heterocycles. The molecular weight excluding hydrogens is 248 g/mol. The van der Waals surface area contributed by atoms with Crippen molar-refractivity contribution in [2.24, 2.45) is 0 Å². The lowest BCUT2D eigenvalue weighted by Crippen LogP contribution is -2.10. The van der Waals surface area contributed by atoms with Crippen LogP contribution in [0.25, 0.3) is 0 Å². The number of hydrogen-bond donors (Lipinski definition) is 1. The summed E-state index contributed by atoms with van der Waals surface area (Å²) in [5.41, 5.74) is 5.67. The average Bonchev–Trinajstić information content (AvgIpc) is 2.09. The van der Waals surface area contributed by atoms with Gasteiger partial charge in [0.25, 0.3) is 5.69 Å². The predicted molar refractivity (Wildman–Crippen MR) is 62.5 cm³/mol. The standard InChI is InChI=1S/C9H12N2O5S/c1-5-4-7(10)8(11(12)13)6(2)9(5)16-17(3,14)15/h4H,10H2,1-3H3. The minimum atomic E-state index is -3.74. The maximum Gasteiger partial charge on any atom is 0.306 e. The number of nitro groups is 1. The summed E-state index contributed by atoms with van der Waals surface area (Å²) in [6, 6.07) is 1.31. The SMILES string of the molecule is Cc1cc(N)c([N+](=O)[O-])c(C)c1OS(C)(=O)=O. The lowest BCUT2D eigenvalue weighted by molar-refractivity contribution is -0.384. The molecule has 0 saturated carbocycles. The van der Waals surface area contributed by atoms with E-state index in [0.717, 1.165) is 6.26 Å². The minimum Gasteiger partial charge on any atom is -0.393 e. The third-order valence-corrected chi connectivity index (χ3v) is 2.59. The second kappa shape index (κ2) is 4.21. The van der Waals surface area contributed by atoms with Gasteiger partial charge in [0.15, 0.2) is 5.75 Å². The normalized spacial score (nSPS) is 11.2. The molecule has 1 rings (SSSR count). The van der Waals surface area contributed by atoms with Crippen molar-refractivity contribution in [3.8, 4) is 5.75 Å². The van der Waals surface area contributed by atoms with Crippen LogP contribution in [0.4, 0.5) is 11.4 Å². The summed E-state index contributed by atoms with van der Waals surface area (Å²) in [6.07, 6.45) is 0.869. The monoisotopic (exact) mass is 260 g/mol. The van der Waals surface area contributed by atoms with Crippen molar-refractivity contribution in [3.63, 3.8) is 0 Å². The number of hydrogen-bond acceptors (Lipinski definition) is 6. The molecule has 0 heterocycles. The van der Waals surface area contributed by atoms with Gasteiger partial charge in [0.2, 0.25) is 0 Å². The van der Waals surface area contributed by atoms with Crippen molar-refractivity contribution in [3.05, 3.63) is 27.3 Å². The number of benzene rings is 1. The highest BCUT2D eigenvalue weighted by Crippen LogP contribution is 2.36. The number of nitro benzene ring substituents is 1. The first-order valence-corrected chi connectivity index (χ1v) is 6.38. The zero-order valence-corrected chi connectivity index (χ0v) is 10.4. The number of nitrogen functional groups attached to an aromatic ring is 1. The van der Waals surface area contributed by atoms with Gasteiger partial charge < -0.3 is 9.92 Å². The Balaban J connectivity index is 3.52. The Morgan fingerprint density at radius 1 is 1.41 bits per heavy atom. The summed E-state index contributed by atoms with van der Waals surface area (Å²) in [4.78, 5) is 10.1. The molecule has 8 heteroatoms. The van der Waals surface area contributed by atoms with Crippen LogP contribution in [0.3, 0.4) is 0 Å². The molecule has 0 aromatic heterocycles. The molecule has 0 amide bonds.